The molecule has 1 aliphatic heterocycles. The van der Waals surface area contributed by atoms with E-state index in [-0.39, 0.29) is 5.91 Å². The molecule has 0 bridgehead atoms. The smallest absolute Gasteiger partial charge is 0.410 e. The van der Waals surface area contributed by atoms with Gasteiger partial charge in [0, 0.05) is 31.4 Å². The van der Waals surface area contributed by atoms with Crippen LogP contribution >= 0.6 is 0 Å². The van der Waals surface area contributed by atoms with Gasteiger partial charge in [-0.15, -0.1) is 0 Å². The van der Waals surface area contributed by atoms with Crippen LogP contribution in [0.15, 0.2) is 18.2 Å². The first-order chi connectivity index (χ1) is 11.7. The minimum absolute atomic E-state index is 0.128. The van der Waals surface area contributed by atoms with Gasteiger partial charge in [-0.05, 0) is 57.4 Å². The van der Waals surface area contributed by atoms with E-state index in [9.17, 15) is 9.59 Å². The van der Waals surface area contributed by atoms with Crippen molar-refractivity contribution in [2.75, 3.05) is 24.2 Å². The summed E-state index contributed by atoms with van der Waals surface area (Å²) in [6.07, 6.45) is 3.13. The highest BCUT2D eigenvalue weighted by atomic mass is 16.6. The number of carbonyl (C=O) groups is 2. The monoisotopic (exact) mass is 347 g/mol. The minimum atomic E-state index is -0.551. The lowest BCUT2D eigenvalue weighted by molar-refractivity contribution is -0.118. The summed E-state index contributed by atoms with van der Waals surface area (Å²) >= 11 is 0. The maximum atomic E-state index is 12.4. The van der Waals surface area contributed by atoms with Crippen LogP contribution in [0, 0.1) is 0 Å². The number of rotatable bonds is 3. The molecule has 1 fully saturated rings. The maximum absolute atomic E-state index is 12.4. The zero-order valence-electron chi connectivity index (χ0n) is 15.7. The van der Waals surface area contributed by atoms with Crippen LogP contribution in [0.3, 0.4) is 0 Å². The van der Waals surface area contributed by atoms with E-state index >= 15 is 0 Å². The van der Waals surface area contributed by atoms with E-state index < -0.39 is 11.7 Å². The van der Waals surface area contributed by atoms with Gasteiger partial charge in [-0.3, -0.25) is 4.79 Å². The number of amides is 2. The Kier molecular flexibility index (Phi) is 5.93. The van der Waals surface area contributed by atoms with Gasteiger partial charge in [0.1, 0.15) is 5.60 Å². The fourth-order valence-electron chi connectivity index (χ4n) is 2.89. The first-order valence-electron chi connectivity index (χ1n) is 8.80. The molecule has 1 aliphatic rings. The molecule has 2 N–H and O–H groups in total. The van der Waals surface area contributed by atoms with E-state index in [4.69, 9.17) is 10.5 Å². The Bertz CT molecular complexity index is 637. The molecule has 2 rings (SSSR count). The second-order valence-corrected chi connectivity index (χ2v) is 7.58. The number of anilines is 2. The number of carbonyl (C=O) groups excluding carboxylic acids is 2. The average Bonchev–Trinajstić information content (AvgIpc) is 2.70. The lowest BCUT2D eigenvalue weighted by Gasteiger charge is -2.28. The normalized spacial score (nSPS) is 15.7. The highest BCUT2D eigenvalue weighted by Crippen LogP contribution is 2.28. The molecule has 0 radical (unpaired) electrons. The van der Waals surface area contributed by atoms with Crippen molar-refractivity contribution in [1.29, 1.82) is 0 Å². The van der Waals surface area contributed by atoms with Gasteiger partial charge in [0.05, 0.1) is 6.54 Å². The largest absolute Gasteiger partial charge is 0.444 e. The molecule has 0 atom stereocenters. The number of ether oxygens (including phenoxy) is 1. The zero-order valence-corrected chi connectivity index (χ0v) is 15.7. The second kappa shape index (κ2) is 7.76. The number of hydrogen-bond donors (Lipinski definition) is 1. The first kappa shape index (κ1) is 19.1. The molecule has 2 amide bonds. The summed E-state index contributed by atoms with van der Waals surface area (Å²) in [4.78, 5) is 28.0. The molecule has 1 heterocycles. The van der Waals surface area contributed by atoms with Gasteiger partial charge in [0.15, 0.2) is 0 Å². The molecule has 1 saturated heterocycles. The van der Waals surface area contributed by atoms with E-state index in [1.165, 1.54) is 4.90 Å². The summed E-state index contributed by atoms with van der Waals surface area (Å²) in [7, 11) is 1.69. The molecule has 6 heteroatoms. The maximum Gasteiger partial charge on any atom is 0.410 e. The summed E-state index contributed by atoms with van der Waals surface area (Å²) in [5.74, 6) is 0.128. The van der Waals surface area contributed by atoms with Crippen molar-refractivity contribution in [2.45, 2.75) is 58.6 Å². The Balaban J connectivity index is 2.23. The standard InChI is InChI=1S/C19H29N3O3/c1-19(2,3)25-18(24)21(4)13-14-12-15(20)9-10-16(14)22-11-7-5-6-8-17(22)23/h9-10,12H,5-8,11,13,20H2,1-4H3. The van der Waals surface area contributed by atoms with E-state index in [1.54, 1.807) is 13.1 Å². The molecule has 1 aromatic carbocycles. The fourth-order valence-corrected chi connectivity index (χ4v) is 2.89. The van der Waals surface area contributed by atoms with Crippen molar-refractivity contribution in [3.63, 3.8) is 0 Å². The van der Waals surface area contributed by atoms with E-state index in [0.717, 1.165) is 30.5 Å². The molecule has 0 aliphatic carbocycles. The third-order valence-electron chi connectivity index (χ3n) is 4.08. The number of nitrogens with zero attached hydrogens (tertiary/aromatic N) is 2. The van der Waals surface area contributed by atoms with Crippen LogP contribution in [-0.4, -0.2) is 36.1 Å². The number of benzene rings is 1. The molecule has 0 aromatic heterocycles. The average molecular weight is 347 g/mol. The SMILES string of the molecule is CN(Cc1cc(N)ccc1N1CCCCCC1=O)C(=O)OC(C)(C)C. The lowest BCUT2D eigenvalue weighted by Crippen LogP contribution is -2.35. The zero-order chi connectivity index (χ0) is 18.6. The third kappa shape index (κ3) is 5.37. The highest BCUT2D eigenvalue weighted by Gasteiger charge is 2.24. The molecular formula is C19H29N3O3. The van der Waals surface area contributed by atoms with Crippen molar-refractivity contribution < 1.29 is 14.3 Å². The van der Waals surface area contributed by atoms with Crippen LogP contribution in [0.2, 0.25) is 0 Å². The highest BCUT2D eigenvalue weighted by molar-refractivity contribution is 5.94. The van der Waals surface area contributed by atoms with Crippen molar-refractivity contribution in [2.24, 2.45) is 0 Å². The summed E-state index contributed by atoms with van der Waals surface area (Å²) in [5.41, 5.74) is 7.68. The molecule has 1 aromatic rings. The number of nitrogen functional groups attached to an aromatic ring is 1. The molecular weight excluding hydrogens is 318 g/mol. The van der Waals surface area contributed by atoms with Gasteiger partial charge in [0.2, 0.25) is 5.91 Å². The van der Waals surface area contributed by atoms with E-state index in [2.05, 4.69) is 0 Å². The molecule has 138 valence electrons. The lowest BCUT2D eigenvalue weighted by atomic mass is 10.1. The second-order valence-electron chi connectivity index (χ2n) is 7.58. The van der Waals surface area contributed by atoms with Crippen molar-refractivity contribution in [3.8, 4) is 0 Å². The summed E-state index contributed by atoms with van der Waals surface area (Å²) in [5, 5.41) is 0. The summed E-state index contributed by atoms with van der Waals surface area (Å²) in [6, 6.07) is 5.50. The Morgan fingerprint density at radius 3 is 2.68 bits per heavy atom. The predicted molar refractivity (Wildman–Crippen MR) is 99.4 cm³/mol. The van der Waals surface area contributed by atoms with Gasteiger partial charge in [-0.1, -0.05) is 6.42 Å². The van der Waals surface area contributed by atoms with E-state index in [0.29, 0.717) is 25.2 Å². The van der Waals surface area contributed by atoms with Crippen LogP contribution in [-0.2, 0) is 16.1 Å². The number of nitrogens with two attached hydrogens (primary N) is 1. The Morgan fingerprint density at radius 1 is 1.28 bits per heavy atom. The van der Waals surface area contributed by atoms with Crippen molar-refractivity contribution in [1.82, 2.24) is 4.90 Å². The Morgan fingerprint density at radius 2 is 2.00 bits per heavy atom. The molecule has 25 heavy (non-hydrogen) atoms. The molecule has 0 spiro atoms. The van der Waals surface area contributed by atoms with Gasteiger partial charge < -0.3 is 20.3 Å². The molecule has 0 saturated carbocycles. The van der Waals surface area contributed by atoms with Crippen LogP contribution in [0.4, 0.5) is 16.2 Å². The van der Waals surface area contributed by atoms with E-state index in [1.807, 2.05) is 37.8 Å². The van der Waals surface area contributed by atoms with Crippen molar-refractivity contribution >= 4 is 23.4 Å². The quantitative estimate of drug-likeness (QED) is 0.849. The fraction of sp³-hybridized carbons (Fsp3) is 0.579. The Hall–Kier alpha value is -2.24. The molecule has 0 unspecified atom stereocenters. The number of hydrogen-bond acceptors (Lipinski definition) is 4. The van der Waals surface area contributed by atoms with Gasteiger partial charge in [-0.25, -0.2) is 4.79 Å². The minimum Gasteiger partial charge on any atom is -0.444 e. The summed E-state index contributed by atoms with van der Waals surface area (Å²) in [6.45, 7) is 6.53. The van der Waals surface area contributed by atoms with Gasteiger partial charge in [0.25, 0.3) is 0 Å². The van der Waals surface area contributed by atoms with Crippen LogP contribution in [0.1, 0.15) is 52.0 Å². The van der Waals surface area contributed by atoms with Gasteiger partial charge in [-0.2, -0.15) is 0 Å². The predicted octanol–water partition coefficient (Wildman–Crippen LogP) is 3.54. The van der Waals surface area contributed by atoms with Gasteiger partial charge >= 0.3 is 6.09 Å². The van der Waals surface area contributed by atoms with Crippen LogP contribution in [0.5, 0.6) is 0 Å². The first-order valence-corrected chi connectivity index (χ1v) is 8.80. The molecule has 6 nitrogen and oxygen atoms in total. The Labute approximate surface area is 149 Å². The van der Waals surface area contributed by atoms with Crippen LogP contribution < -0.4 is 10.6 Å². The summed E-state index contributed by atoms with van der Waals surface area (Å²) < 4.78 is 5.40. The van der Waals surface area contributed by atoms with Crippen molar-refractivity contribution in [3.05, 3.63) is 23.8 Å². The van der Waals surface area contributed by atoms with Crippen LogP contribution in [0.25, 0.3) is 0 Å². The topological polar surface area (TPSA) is 75.9 Å². The third-order valence-corrected chi connectivity index (χ3v) is 4.08.